The summed E-state index contributed by atoms with van der Waals surface area (Å²) in [5, 5.41) is 3.17. The molecule has 0 aliphatic carbocycles. The lowest BCUT2D eigenvalue weighted by molar-refractivity contribution is 0.0737. The minimum Gasteiger partial charge on any atom is -0.334 e. The average Bonchev–Trinajstić information content (AvgIpc) is 2.85. The fourth-order valence-electron chi connectivity index (χ4n) is 2.55. The van der Waals surface area contributed by atoms with Crippen molar-refractivity contribution < 1.29 is 4.79 Å². The van der Waals surface area contributed by atoms with Crippen LogP contribution >= 0.6 is 11.3 Å². The molecular formula is C13H20N2OS. The van der Waals surface area contributed by atoms with Crippen LogP contribution in [-0.4, -0.2) is 37.0 Å². The van der Waals surface area contributed by atoms with Gasteiger partial charge >= 0.3 is 0 Å². The van der Waals surface area contributed by atoms with E-state index in [0.29, 0.717) is 6.04 Å². The molecule has 1 aromatic heterocycles. The van der Waals surface area contributed by atoms with Gasteiger partial charge in [0.2, 0.25) is 0 Å². The molecule has 1 atom stereocenters. The Labute approximate surface area is 107 Å². The molecule has 0 spiro atoms. The zero-order valence-corrected chi connectivity index (χ0v) is 11.6. The van der Waals surface area contributed by atoms with Crippen molar-refractivity contribution in [3.8, 4) is 0 Å². The Kier molecular flexibility index (Phi) is 3.84. The zero-order valence-electron chi connectivity index (χ0n) is 10.7. The van der Waals surface area contributed by atoms with Crippen molar-refractivity contribution in [3.63, 3.8) is 0 Å². The van der Waals surface area contributed by atoms with Crippen LogP contribution in [0.25, 0.3) is 0 Å². The molecule has 0 saturated carbocycles. The predicted molar refractivity (Wildman–Crippen MR) is 71.8 cm³/mol. The van der Waals surface area contributed by atoms with Crippen LogP contribution in [0.2, 0.25) is 0 Å². The van der Waals surface area contributed by atoms with Crippen LogP contribution in [0.1, 0.15) is 33.0 Å². The smallest absolute Gasteiger partial charge is 0.255 e. The van der Waals surface area contributed by atoms with Crippen LogP contribution in [0.15, 0.2) is 6.07 Å². The lowest BCUT2D eigenvalue weighted by Gasteiger charge is -2.24. The lowest BCUT2D eigenvalue weighted by atomic mass is 10.2. The van der Waals surface area contributed by atoms with Crippen molar-refractivity contribution >= 4 is 17.2 Å². The standard InChI is InChI=1S/C13H20N2OS/c1-9-7-12(10(2)17-9)13(16)15-6-4-5-11(15)8-14-3/h7,11,14H,4-6,8H2,1-3H3. The zero-order chi connectivity index (χ0) is 12.4. The molecular weight excluding hydrogens is 232 g/mol. The summed E-state index contributed by atoms with van der Waals surface area (Å²) in [4.78, 5) is 16.9. The fourth-order valence-corrected chi connectivity index (χ4v) is 3.46. The Morgan fingerprint density at radius 3 is 2.94 bits per heavy atom. The molecule has 1 fully saturated rings. The number of amides is 1. The maximum atomic E-state index is 12.5. The van der Waals surface area contributed by atoms with Gasteiger partial charge in [-0.2, -0.15) is 0 Å². The number of likely N-dealkylation sites (tertiary alicyclic amines) is 1. The number of thiophene rings is 1. The first-order valence-corrected chi connectivity index (χ1v) is 6.97. The molecule has 2 heterocycles. The average molecular weight is 252 g/mol. The highest BCUT2D eigenvalue weighted by Gasteiger charge is 2.29. The van der Waals surface area contributed by atoms with Crippen molar-refractivity contribution in [2.75, 3.05) is 20.1 Å². The number of carbonyl (C=O) groups excluding carboxylic acids is 1. The van der Waals surface area contributed by atoms with Gasteiger partial charge in [-0.3, -0.25) is 4.79 Å². The van der Waals surface area contributed by atoms with Gasteiger partial charge in [0, 0.05) is 28.9 Å². The van der Waals surface area contributed by atoms with Crippen molar-refractivity contribution in [2.24, 2.45) is 0 Å². The number of rotatable bonds is 3. The van der Waals surface area contributed by atoms with Gasteiger partial charge < -0.3 is 10.2 Å². The van der Waals surface area contributed by atoms with Gasteiger partial charge in [-0.05, 0) is 39.8 Å². The van der Waals surface area contributed by atoms with Crippen LogP contribution < -0.4 is 5.32 Å². The SMILES string of the molecule is CNCC1CCCN1C(=O)c1cc(C)sc1C. The van der Waals surface area contributed by atoms with E-state index in [1.54, 1.807) is 11.3 Å². The van der Waals surface area contributed by atoms with Gasteiger partial charge in [0.25, 0.3) is 5.91 Å². The summed E-state index contributed by atoms with van der Waals surface area (Å²) in [6.45, 7) is 5.89. The normalized spacial score (nSPS) is 19.9. The first-order chi connectivity index (χ1) is 8.13. The van der Waals surface area contributed by atoms with Crippen LogP contribution in [0.5, 0.6) is 0 Å². The summed E-state index contributed by atoms with van der Waals surface area (Å²) in [7, 11) is 1.95. The highest BCUT2D eigenvalue weighted by Crippen LogP contribution is 2.25. The van der Waals surface area contributed by atoms with E-state index in [0.717, 1.165) is 36.4 Å². The van der Waals surface area contributed by atoms with E-state index in [2.05, 4.69) is 12.2 Å². The number of aryl methyl sites for hydroxylation is 2. The molecule has 0 radical (unpaired) electrons. The van der Waals surface area contributed by atoms with Gasteiger partial charge in [0.15, 0.2) is 0 Å². The number of nitrogens with zero attached hydrogens (tertiary/aromatic N) is 1. The van der Waals surface area contributed by atoms with Crippen LogP contribution in [0, 0.1) is 13.8 Å². The van der Waals surface area contributed by atoms with Crippen molar-refractivity contribution in [3.05, 3.63) is 21.4 Å². The molecule has 1 N–H and O–H groups in total. The minimum atomic E-state index is 0.213. The Balaban J connectivity index is 2.16. The number of carbonyl (C=O) groups is 1. The fraction of sp³-hybridized carbons (Fsp3) is 0.615. The predicted octanol–water partition coefficient (Wildman–Crippen LogP) is 2.19. The molecule has 0 aromatic carbocycles. The summed E-state index contributed by atoms with van der Waals surface area (Å²) in [5.74, 6) is 0.213. The van der Waals surface area contributed by atoms with Gasteiger partial charge in [-0.1, -0.05) is 0 Å². The lowest BCUT2D eigenvalue weighted by Crippen LogP contribution is -2.40. The van der Waals surface area contributed by atoms with Crippen molar-refractivity contribution in [1.29, 1.82) is 0 Å². The minimum absolute atomic E-state index is 0.213. The van der Waals surface area contributed by atoms with Gasteiger partial charge in [-0.15, -0.1) is 11.3 Å². The van der Waals surface area contributed by atoms with Crippen molar-refractivity contribution in [2.45, 2.75) is 32.7 Å². The van der Waals surface area contributed by atoms with Crippen molar-refractivity contribution in [1.82, 2.24) is 10.2 Å². The van der Waals surface area contributed by atoms with E-state index in [1.807, 2.05) is 24.9 Å². The number of nitrogens with one attached hydrogen (secondary N) is 1. The van der Waals surface area contributed by atoms with E-state index in [-0.39, 0.29) is 5.91 Å². The van der Waals surface area contributed by atoms with Gasteiger partial charge in [0.1, 0.15) is 0 Å². The molecule has 17 heavy (non-hydrogen) atoms. The summed E-state index contributed by atoms with van der Waals surface area (Å²) in [5.41, 5.74) is 0.899. The van der Waals surface area contributed by atoms with Crippen LogP contribution in [0.3, 0.4) is 0 Å². The number of hydrogen-bond donors (Lipinski definition) is 1. The topological polar surface area (TPSA) is 32.3 Å². The maximum absolute atomic E-state index is 12.5. The first-order valence-electron chi connectivity index (χ1n) is 6.16. The monoisotopic (exact) mass is 252 g/mol. The second-order valence-corrected chi connectivity index (χ2v) is 6.14. The van der Waals surface area contributed by atoms with E-state index in [9.17, 15) is 4.79 Å². The Hall–Kier alpha value is -0.870. The molecule has 4 heteroatoms. The Bertz CT molecular complexity index is 414. The first kappa shape index (κ1) is 12.6. The third-order valence-corrected chi connectivity index (χ3v) is 4.32. The summed E-state index contributed by atoms with van der Waals surface area (Å²) >= 11 is 1.71. The molecule has 1 aliphatic heterocycles. The highest BCUT2D eigenvalue weighted by molar-refractivity contribution is 7.12. The quantitative estimate of drug-likeness (QED) is 0.894. The second-order valence-electron chi connectivity index (χ2n) is 4.68. The van der Waals surface area contributed by atoms with E-state index < -0.39 is 0 Å². The molecule has 1 amide bonds. The summed E-state index contributed by atoms with van der Waals surface area (Å²) in [6, 6.07) is 2.39. The van der Waals surface area contributed by atoms with Crippen LogP contribution in [-0.2, 0) is 0 Å². The van der Waals surface area contributed by atoms with E-state index >= 15 is 0 Å². The molecule has 3 nitrogen and oxygen atoms in total. The second kappa shape index (κ2) is 5.19. The molecule has 94 valence electrons. The molecule has 1 saturated heterocycles. The molecule has 1 unspecified atom stereocenters. The van der Waals surface area contributed by atoms with Gasteiger partial charge in [0.05, 0.1) is 5.56 Å². The molecule has 0 bridgehead atoms. The number of hydrogen-bond acceptors (Lipinski definition) is 3. The number of likely N-dealkylation sites (N-methyl/N-ethyl adjacent to an activating group) is 1. The van der Waals surface area contributed by atoms with E-state index in [1.165, 1.54) is 4.88 Å². The van der Waals surface area contributed by atoms with E-state index in [4.69, 9.17) is 0 Å². The summed E-state index contributed by atoms with van der Waals surface area (Å²) in [6.07, 6.45) is 2.25. The largest absolute Gasteiger partial charge is 0.334 e. The third kappa shape index (κ3) is 2.53. The molecule has 1 aliphatic rings. The Morgan fingerprint density at radius 1 is 1.59 bits per heavy atom. The molecule has 1 aromatic rings. The summed E-state index contributed by atoms with van der Waals surface area (Å²) < 4.78 is 0. The third-order valence-electron chi connectivity index (χ3n) is 3.35. The Morgan fingerprint density at radius 2 is 2.35 bits per heavy atom. The highest BCUT2D eigenvalue weighted by atomic mass is 32.1. The van der Waals surface area contributed by atoms with Gasteiger partial charge in [-0.25, -0.2) is 0 Å². The maximum Gasteiger partial charge on any atom is 0.255 e. The molecule has 2 rings (SSSR count). The van der Waals surface area contributed by atoms with Crippen LogP contribution in [0.4, 0.5) is 0 Å².